The van der Waals surface area contributed by atoms with Crippen molar-refractivity contribution in [2.75, 3.05) is 5.32 Å². The Bertz CT molecular complexity index is 749. The van der Waals surface area contributed by atoms with Gasteiger partial charge >= 0.3 is 0 Å². The maximum absolute atomic E-state index is 8.79. The largest absolute Gasteiger partial charge is 0.360 e. The first-order valence-corrected chi connectivity index (χ1v) is 6.87. The Kier molecular flexibility index (Phi) is 3.52. The summed E-state index contributed by atoms with van der Waals surface area (Å²) < 4.78 is 0. The van der Waals surface area contributed by atoms with Crippen molar-refractivity contribution in [3.8, 4) is 6.07 Å². The van der Waals surface area contributed by atoms with Gasteiger partial charge in [0.05, 0.1) is 22.6 Å². The van der Waals surface area contributed by atoms with Crippen molar-refractivity contribution >= 4 is 16.9 Å². The third-order valence-corrected chi connectivity index (χ3v) is 3.36. The van der Waals surface area contributed by atoms with E-state index in [2.05, 4.69) is 33.3 Å². The number of nitrogens with zero attached hydrogens (tertiary/aromatic N) is 3. The van der Waals surface area contributed by atoms with Crippen molar-refractivity contribution in [1.82, 2.24) is 15.0 Å². The van der Waals surface area contributed by atoms with Gasteiger partial charge in [0.1, 0.15) is 17.7 Å². The second-order valence-electron chi connectivity index (χ2n) is 4.79. The number of aromatic nitrogens is 3. The van der Waals surface area contributed by atoms with E-state index in [-0.39, 0.29) is 6.04 Å². The molecule has 0 saturated heterocycles. The van der Waals surface area contributed by atoms with Crippen molar-refractivity contribution in [3.63, 3.8) is 0 Å². The number of nitriles is 1. The SMILES string of the molecule is CCC(Nc1ccc(C#N)cn1)c1nc2ccccc2[nH]1. The van der Waals surface area contributed by atoms with Gasteiger partial charge in [-0.05, 0) is 30.7 Å². The zero-order valence-corrected chi connectivity index (χ0v) is 11.7. The molecule has 2 N–H and O–H groups in total. The van der Waals surface area contributed by atoms with Crippen molar-refractivity contribution in [2.45, 2.75) is 19.4 Å². The summed E-state index contributed by atoms with van der Waals surface area (Å²) in [6, 6.07) is 13.6. The third-order valence-electron chi connectivity index (χ3n) is 3.36. The van der Waals surface area contributed by atoms with Crippen molar-refractivity contribution in [1.29, 1.82) is 5.26 Å². The molecule has 1 aromatic carbocycles. The minimum Gasteiger partial charge on any atom is -0.360 e. The molecule has 104 valence electrons. The van der Waals surface area contributed by atoms with Crippen molar-refractivity contribution in [3.05, 3.63) is 54.0 Å². The Labute approximate surface area is 122 Å². The number of H-pyrrole nitrogens is 1. The third kappa shape index (κ3) is 2.70. The lowest BCUT2D eigenvalue weighted by molar-refractivity contribution is 0.703. The Morgan fingerprint density at radius 3 is 2.81 bits per heavy atom. The molecule has 0 aliphatic carbocycles. The van der Waals surface area contributed by atoms with E-state index >= 15 is 0 Å². The first-order valence-electron chi connectivity index (χ1n) is 6.87. The summed E-state index contributed by atoms with van der Waals surface area (Å²) in [5.41, 5.74) is 2.54. The van der Waals surface area contributed by atoms with Gasteiger partial charge in [-0.3, -0.25) is 0 Å². The molecule has 5 nitrogen and oxygen atoms in total. The van der Waals surface area contributed by atoms with Crippen LogP contribution in [-0.4, -0.2) is 15.0 Å². The van der Waals surface area contributed by atoms with Crippen LogP contribution in [0.2, 0.25) is 0 Å². The van der Waals surface area contributed by atoms with E-state index in [9.17, 15) is 0 Å². The second kappa shape index (κ2) is 5.63. The first-order chi connectivity index (χ1) is 10.3. The van der Waals surface area contributed by atoms with Crippen molar-refractivity contribution < 1.29 is 0 Å². The summed E-state index contributed by atoms with van der Waals surface area (Å²) in [5, 5.41) is 12.1. The van der Waals surface area contributed by atoms with Crippen LogP contribution in [0.3, 0.4) is 0 Å². The van der Waals surface area contributed by atoms with Gasteiger partial charge in [-0.1, -0.05) is 19.1 Å². The number of anilines is 1. The van der Waals surface area contributed by atoms with E-state index in [0.29, 0.717) is 5.56 Å². The molecule has 0 radical (unpaired) electrons. The van der Waals surface area contributed by atoms with E-state index in [4.69, 9.17) is 5.26 Å². The van der Waals surface area contributed by atoms with Gasteiger partial charge in [-0.2, -0.15) is 5.26 Å². The quantitative estimate of drug-likeness (QED) is 0.766. The molecule has 0 bridgehead atoms. The molecule has 1 atom stereocenters. The highest BCUT2D eigenvalue weighted by molar-refractivity contribution is 5.74. The van der Waals surface area contributed by atoms with Gasteiger partial charge in [0.15, 0.2) is 0 Å². The number of nitrogens with one attached hydrogen (secondary N) is 2. The molecule has 1 unspecified atom stereocenters. The Morgan fingerprint density at radius 1 is 1.29 bits per heavy atom. The minimum absolute atomic E-state index is 0.0536. The number of hydrogen-bond acceptors (Lipinski definition) is 4. The predicted octanol–water partition coefficient (Wildman–Crippen LogP) is 3.39. The topological polar surface area (TPSA) is 77.4 Å². The molecule has 3 aromatic rings. The number of fused-ring (bicyclic) bond motifs is 1. The van der Waals surface area contributed by atoms with E-state index in [1.165, 1.54) is 0 Å². The normalized spacial score (nSPS) is 12.0. The molecule has 0 fully saturated rings. The molecule has 3 rings (SSSR count). The Morgan fingerprint density at radius 2 is 2.14 bits per heavy atom. The number of rotatable bonds is 4. The highest BCUT2D eigenvalue weighted by atomic mass is 15.1. The fourth-order valence-corrected chi connectivity index (χ4v) is 2.23. The second-order valence-corrected chi connectivity index (χ2v) is 4.79. The van der Waals surface area contributed by atoms with E-state index in [0.717, 1.165) is 29.1 Å². The van der Waals surface area contributed by atoms with Crippen LogP contribution in [0.5, 0.6) is 0 Å². The number of imidazole rings is 1. The molecule has 0 saturated carbocycles. The van der Waals surface area contributed by atoms with Crippen LogP contribution in [0, 0.1) is 11.3 Å². The molecular weight excluding hydrogens is 262 g/mol. The maximum Gasteiger partial charge on any atom is 0.129 e. The van der Waals surface area contributed by atoms with Crippen LogP contribution in [0.4, 0.5) is 5.82 Å². The number of benzene rings is 1. The van der Waals surface area contributed by atoms with Gasteiger partial charge in [0.2, 0.25) is 0 Å². The van der Waals surface area contributed by atoms with Crippen LogP contribution in [-0.2, 0) is 0 Å². The molecule has 0 aliphatic rings. The average Bonchev–Trinajstić information content (AvgIpc) is 2.97. The van der Waals surface area contributed by atoms with Gasteiger partial charge in [-0.15, -0.1) is 0 Å². The molecule has 21 heavy (non-hydrogen) atoms. The Balaban J connectivity index is 1.85. The van der Waals surface area contributed by atoms with Crippen LogP contribution >= 0.6 is 0 Å². The van der Waals surface area contributed by atoms with Crippen LogP contribution in [0.1, 0.15) is 30.8 Å². The fourth-order valence-electron chi connectivity index (χ4n) is 2.23. The molecule has 0 aliphatic heterocycles. The minimum atomic E-state index is 0.0536. The zero-order chi connectivity index (χ0) is 14.7. The molecule has 2 heterocycles. The zero-order valence-electron chi connectivity index (χ0n) is 11.7. The number of pyridine rings is 1. The van der Waals surface area contributed by atoms with Crippen LogP contribution < -0.4 is 5.32 Å². The molecule has 0 amide bonds. The summed E-state index contributed by atoms with van der Waals surface area (Å²) in [4.78, 5) is 12.2. The molecule has 5 heteroatoms. The predicted molar refractivity (Wildman–Crippen MR) is 81.7 cm³/mol. The maximum atomic E-state index is 8.79. The lowest BCUT2D eigenvalue weighted by Gasteiger charge is -2.15. The summed E-state index contributed by atoms with van der Waals surface area (Å²) in [6.45, 7) is 2.09. The average molecular weight is 277 g/mol. The van der Waals surface area contributed by atoms with Gasteiger partial charge in [0, 0.05) is 6.20 Å². The van der Waals surface area contributed by atoms with Crippen LogP contribution in [0.25, 0.3) is 11.0 Å². The van der Waals surface area contributed by atoms with Gasteiger partial charge in [0.25, 0.3) is 0 Å². The molecule has 0 spiro atoms. The highest BCUT2D eigenvalue weighted by Crippen LogP contribution is 2.21. The lowest BCUT2D eigenvalue weighted by atomic mass is 10.2. The summed E-state index contributed by atoms with van der Waals surface area (Å²) in [5.74, 6) is 1.63. The smallest absolute Gasteiger partial charge is 0.129 e. The molecular formula is C16H15N5. The Hall–Kier alpha value is -2.87. The number of hydrogen-bond donors (Lipinski definition) is 2. The van der Waals surface area contributed by atoms with Gasteiger partial charge < -0.3 is 10.3 Å². The van der Waals surface area contributed by atoms with E-state index < -0.39 is 0 Å². The van der Waals surface area contributed by atoms with Crippen molar-refractivity contribution in [2.24, 2.45) is 0 Å². The monoisotopic (exact) mass is 277 g/mol. The van der Waals surface area contributed by atoms with E-state index in [1.54, 1.807) is 12.3 Å². The number of aromatic amines is 1. The fraction of sp³-hybridized carbons (Fsp3) is 0.188. The summed E-state index contributed by atoms with van der Waals surface area (Å²) in [7, 11) is 0. The van der Waals surface area contributed by atoms with Gasteiger partial charge in [-0.25, -0.2) is 9.97 Å². The van der Waals surface area contributed by atoms with Crippen LogP contribution in [0.15, 0.2) is 42.6 Å². The first kappa shape index (κ1) is 13.1. The van der Waals surface area contributed by atoms with E-state index in [1.807, 2.05) is 30.3 Å². The highest BCUT2D eigenvalue weighted by Gasteiger charge is 2.14. The summed E-state index contributed by atoms with van der Waals surface area (Å²) in [6.07, 6.45) is 2.44. The lowest BCUT2D eigenvalue weighted by Crippen LogP contribution is -2.12. The molecule has 2 aromatic heterocycles. The number of para-hydroxylation sites is 2. The summed E-state index contributed by atoms with van der Waals surface area (Å²) >= 11 is 0. The standard InChI is InChI=1S/C16H15N5/c1-2-12(19-15-8-7-11(9-17)10-18-15)16-20-13-5-3-4-6-14(13)21-16/h3-8,10,12H,2H2,1H3,(H,18,19)(H,20,21).